The molecular weight excluding hydrogens is 226 g/mol. The molecule has 17 heavy (non-hydrogen) atoms. The van der Waals surface area contributed by atoms with Gasteiger partial charge in [-0.25, -0.2) is 0 Å². The lowest BCUT2D eigenvalue weighted by molar-refractivity contribution is 1.12. The largest absolute Gasteiger partial charge is 0.378 e. The van der Waals surface area contributed by atoms with E-state index in [1.165, 1.54) is 21.0 Å². The molecule has 0 aliphatic heterocycles. The molecule has 0 aliphatic rings. The lowest BCUT2D eigenvalue weighted by Gasteiger charge is -2.13. The fraction of sp³-hybridized carbons (Fsp3) is 0.200. The number of hydrogen-bond donors (Lipinski definition) is 0. The van der Waals surface area contributed by atoms with Crippen molar-refractivity contribution in [2.45, 2.75) is 16.7 Å². The molecule has 2 heteroatoms. The molecule has 0 saturated heterocycles. The first kappa shape index (κ1) is 12.1. The van der Waals surface area contributed by atoms with Crippen molar-refractivity contribution in [3.63, 3.8) is 0 Å². The first-order valence-corrected chi connectivity index (χ1v) is 6.49. The molecule has 2 rings (SSSR count). The molecule has 0 fully saturated rings. The summed E-state index contributed by atoms with van der Waals surface area (Å²) >= 11 is 1.80. The second kappa shape index (κ2) is 5.28. The van der Waals surface area contributed by atoms with Gasteiger partial charge in [-0.3, -0.25) is 0 Å². The van der Waals surface area contributed by atoms with E-state index in [1.54, 1.807) is 11.8 Å². The molecule has 0 saturated carbocycles. The average molecular weight is 243 g/mol. The van der Waals surface area contributed by atoms with Crippen molar-refractivity contribution in [2.75, 3.05) is 19.0 Å². The summed E-state index contributed by atoms with van der Waals surface area (Å²) in [6.45, 7) is 2.11. The first-order valence-electron chi connectivity index (χ1n) is 5.67. The molecule has 88 valence electrons. The van der Waals surface area contributed by atoms with Crippen molar-refractivity contribution < 1.29 is 0 Å². The van der Waals surface area contributed by atoms with Gasteiger partial charge in [0.2, 0.25) is 0 Å². The second-order valence-electron chi connectivity index (χ2n) is 4.31. The van der Waals surface area contributed by atoms with Crippen molar-refractivity contribution >= 4 is 17.4 Å². The van der Waals surface area contributed by atoms with Crippen LogP contribution in [0.3, 0.4) is 0 Å². The third-order valence-corrected chi connectivity index (χ3v) is 3.59. The highest BCUT2D eigenvalue weighted by atomic mass is 32.2. The summed E-state index contributed by atoms with van der Waals surface area (Å²) in [6.07, 6.45) is 0. The maximum absolute atomic E-state index is 2.21. The van der Waals surface area contributed by atoms with Crippen molar-refractivity contribution in [3.05, 3.63) is 54.1 Å². The number of aryl methyl sites for hydroxylation is 1. The van der Waals surface area contributed by atoms with Gasteiger partial charge in [0.1, 0.15) is 0 Å². The highest BCUT2D eigenvalue weighted by Gasteiger charge is 2.00. The maximum atomic E-state index is 2.21. The molecular formula is C15H17NS. The van der Waals surface area contributed by atoms with Crippen LogP contribution in [-0.2, 0) is 0 Å². The van der Waals surface area contributed by atoms with E-state index in [1.807, 2.05) is 0 Å². The topological polar surface area (TPSA) is 3.24 Å². The quantitative estimate of drug-likeness (QED) is 0.794. The first-order chi connectivity index (χ1) is 8.15. The van der Waals surface area contributed by atoms with Crippen molar-refractivity contribution in [3.8, 4) is 0 Å². The predicted molar refractivity (Wildman–Crippen MR) is 76.1 cm³/mol. The van der Waals surface area contributed by atoms with Crippen LogP contribution in [0.15, 0.2) is 58.3 Å². The summed E-state index contributed by atoms with van der Waals surface area (Å²) < 4.78 is 0. The van der Waals surface area contributed by atoms with Gasteiger partial charge in [-0.05, 0) is 37.3 Å². The van der Waals surface area contributed by atoms with Gasteiger partial charge >= 0.3 is 0 Å². The van der Waals surface area contributed by atoms with E-state index >= 15 is 0 Å². The van der Waals surface area contributed by atoms with Crippen LogP contribution in [0.1, 0.15) is 5.56 Å². The Morgan fingerprint density at radius 2 is 1.59 bits per heavy atom. The summed E-state index contributed by atoms with van der Waals surface area (Å²) in [5.41, 5.74) is 2.54. The third kappa shape index (κ3) is 3.27. The van der Waals surface area contributed by atoms with E-state index in [0.717, 1.165) is 0 Å². The third-order valence-electron chi connectivity index (χ3n) is 2.59. The number of hydrogen-bond acceptors (Lipinski definition) is 2. The van der Waals surface area contributed by atoms with E-state index in [9.17, 15) is 0 Å². The smallest absolute Gasteiger partial charge is 0.0372 e. The Bertz CT molecular complexity index is 489. The minimum atomic E-state index is 1.24. The zero-order chi connectivity index (χ0) is 12.3. The normalized spacial score (nSPS) is 10.3. The highest BCUT2D eigenvalue weighted by Crippen LogP contribution is 2.29. The van der Waals surface area contributed by atoms with E-state index < -0.39 is 0 Å². The van der Waals surface area contributed by atoms with Gasteiger partial charge in [-0.1, -0.05) is 35.5 Å². The molecule has 0 unspecified atom stereocenters. The number of rotatable bonds is 3. The zero-order valence-electron chi connectivity index (χ0n) is 10.5. The molecule has 0 aliphatic carbocycles. The van der Waals surface area contributed by atoms with Crippen LogP contribution in [0.5, 0.6) is 0 Å². The van der Waals surface area contributed by atoms with E-state index in [2.05, 4.69) is 74.4 Å². The molecule has 1 nitrogen and oxygen atoms in total. The van der Waals surface area contributed by atoms with Gasteiger partial charge in [-0.15, -0.1) is 0 Å². The Kier molecular flexibility index (Phi) is 3.75. The van der Waals surface area contributed by atoms with Crippen LogP contribution < -0.4 is 4.90 Å². The van der Waals surface area contributed by atoms with Gasteiger partial charge < -0.3 is 4.90 Å². The Hall–Kier alpha value is -1.41. The molecule has 0 spiro atoms. The Morgan fingerprint density at radius 1 is 0.882 bits per heavy atom. The summed E-state index contributed by atoms with van der Waals surface area (Å²) in [4.78, 5) is 4.69. The molecule has 2 aromatic rings. The number of anilines is 1. The van der Waals surface area contributed by atoms with E-state index in [0.29, 0.717) is 0 Å². The highest BCUT2D eigenvalue weighted by molar-refractivity contribution is 7.99. The monoisotopic (exact) mass is 243 g/mol. The minimum Gasteiger partial charge on any atom is -0.378 e. The Labute approximate surface area is 107 Å². The van der Waals surface area contributed by atoms with Gasteiger partial charge in [0.05, 0.1) is 0 Å². The van der Waals surface area contributed by atoms with Gasteiger partial charge in [0.25, 0.3) is 0 Å². The number of nitrogens with zero attached hydrogens (tertiary/aromatic N) is 1. The summed E-state index contributed by atoms with van der Waals surface area (Å²) in [5.74, 6) is 0. The summed E-state index contributed by atoms with van der Waals surface area (Å²) in [5, 5.41) is 0. The molecule has 0 atom stereocenters. The average Bonchev–Trinajstić information content (AvgIpc) is 2.32. The van der Waals surface area contributed by atoms with Crippen LogP contribution in [0.2, 0.25) is 0 Å². The van der Waals surface area contributed by atoms with Gasteiger partial charge in [-0.2, -0.15) is 0 Å². The van der Waals surface area contributed by atoms with Crippen LogP contribution in [0, 0.1) is 6.92 Å². The molecule has 0 amide bonds. The van der Waals surface area contributed by atoms with E-state index in [-0.39, 0.29) is 0 Å². The molecule has 0 N–H and O–H groups in total. The molecule has 0 heterocycles. The minimum absolute atomic E-state index is 1.24. The van der Waals surface area contributed by atoms with Crippen molar-refractivity contribution in [1.29, 1.82) is 0 Å². The SMILES string of the molecule is Cc1ccc(Sc2cccc(N(C)C)c2)cc1. The zero-order valence-corrected chi connectivity index (χ0v) is 11.3. The standard InChI is InChI=1S/C15H17NS/c1-12-7-9-14(10-8-12)17-15-6-4-5-13(11-15)16(2)3/h4-11H,1-3H3. The molecule has 2 aromatic carbocycles. The Morgan fingerprint density at radius 3 is 2.24 bits per heavy atom. The van der Waals surface area contributed by atoms with Crippen LogP contribution in [0.4, 0.5) is 5.69 Å². The summed E-state index contributed by atoms with van der Waals surface area (Å²) in [6, 6.07) is 17.2. The predicted octanol–water partition coefficient (Wildman–Crippen LogP) is 4.21. The van der Waals surface area contributed by atoms with Crippen LogP contribution in [-0.4, -0.2) is 14.1 Å². The number of benzene rings is 2. The maximum Gasteiger partial charge on any atom is 0.0372 e. The second-order valence-corrected chi connectivity index (χ2v) is 5.45. The van der Waals surface area contributed by atoms with Crippen LogP contribution >= 0.6 is 11.8 Å². The Balaban J connectivity index is 2.18. The van der Waals surface area contributed by atoms with E-state index in [4.69, 9.17) is 0 Å². The summed E-state index contributed by atoms with van der Waals surface area (Å²) in [7, 11) is 4.13. The molecule has 0 aromatic heterocycles. The van der Waals surface area contributed by atoms with Gasteiger partial charge in [0, 0.05) is 29.6 Å². The molecule has 0 radical (unpaired) electrons. The van der Waals surface area contributed by atoms with Crippen LogP contribution in [0.25, 0.3) is 0 Å². The van der Waals surface area contributed by atoms with Crippen molar-refractivity contribution in [1.82, 2.24) is 0 Å². The fourth-order valence-corrected chi connectivity index (χ4v) is 2.44. The lowest BCUT2D eigenvalue weighted by Crippen LogP contribution is -2.08. The lowest BCUT2D eigenvalue weighted by atomic mass is 10.2. The van der Waals surface area contributed by atoms with Crippen molar-refractivity contribution in [2.24, 2.45) is 0 Å². The molecule has 0 bridgehead atoms. The fourth-order valence-electron chi connectivity index (χ4n) is 1.57. The van der Waals surface area contributed by atoms with Gasteiger partial charge in [0.15, 0.2) is 0 Å².